The summed E-state index contributed by atoms with van der Waals surface area (Å²) in [6.45, 7) is 0.398. The molecule has 0 aromatic heterocycles. The molecule has 1 heterocycles. The summed E-state index contributed by atoms with van der Waals surface area (Å²) in [6.07, 6.45) is 0.0167. The molecule has 51 valence electrons. The van der Waals surface area contributed by atoms with E-state index in [1.165, 1.54) is 4.90 Å². The fraction of sp³-hybridized carbons (Fsp3) is 0.800. The van der Waals surface area contributed by atoms with Crippen molar-refractivity contribution in [3.8, 4) is 0 Å². The van der Waals surface area contributed by atoms with Gasteiger partial charge in [0.2, 0.25) is 0 Å². The number of hydrogen-bond donors (Lipinski definition) is 2. The predicted octanol–water partition coefficient (Wildman–Crippen LogP) is -1.91. The van der Waals surface area contributed by atoms with Gasteiger partial charge >= 0.3 is 6.41 Å². The maximum atomic E-state index is 9.88. The van der Waals surface area contributed by atoms with Gasteiger partial charge in [-0.25, -0.2) is 0 Å². The third kappa shape index (κ3) is 1.20. The topological polar surface area (TPSA) is 60.8 Å². The van der Waals surface area contributed by atoms with Crippen LogP contribution in [-0.2, 0) is 4.79 Å². The van der Waals surface area contributed by atoms with Crippen molar-refractivity contribution in [1.29, 1.82) is 0 Å². The van der Waals surface area contributed by atoms with Gasteiger partial charge in [0, 0.05) is 13.1 Å². The molecule has 0 saturated carbocycles. The molecule has 1 aliphatic rings. The Kier molecular flexibility index (Phi) is 1.68. The average molecular weight is 130 g/mol. The highest BCUT2D eigenvalue weighted by atomic mass is 16.3. The van der Waals surface area contributed by atoms with Crippen molar-refractivity contribution in [2.45, 2.75) is 12.2 Å². The van der Waals surface area contributed by atoms with Gasteiger partial charge in [0.1, 0.15) is 0 Å². The minimum atomic E-state index is -0.786. The Morgan fingerprint density at radius 2 is 1.78 bits per heavy atom. The number of hydrogen-bond acceptors (Lipinski definition) is 3. The molecule has 4 heteroatoms. The van der Waals surface area contributed by atoms with Gasteiger partial charge in [0.25, 0.3) is 0 Å². The minimum absolute atomic E-state index is 0.199. The molecule has 1 aliphatic heterocycles. The van der Waals surface area contributed by atoms with Crippen molar-refractivity contribution in [1.82, 2.24) is 4.90 Å². The Morgan fingerprint density at radius 3 is 2.00 bits per heavy atom. The number of aliphatic hydroxyl groups excluding tert-OH is 2. The van der Waals surface area contributed by atoms with Crippen molar-refractivity contribution in [2.24, 2.45) is 0 Å². The van der Waals surface area contributed by atoms with Crippen molar-refractivity contribution in [3.05, 3.63) is 0 Å². The molecule has 4 nitrogen and oxygen atoms in total. The average Bonchev–Trinajstić information content (AvgIpc) is 2.13. The van der Waals surface area contributed by atoms with E-state index in [9.17, 15) is 4.79 Å². The molecule has 2 unspecified atom stereocenters. The Balaban J connectivity index is 2.43. The van der Waals surface area contributed by atoms with Crippen molar-refractivity contribution >= 4 is 6.41 Å². The summed E-state index contributed by atoms with van der Waals surface area (Å²) in [5.74, 6) is 0. The smallest absolute Gasteiger partial charge is 0.312 e. The Morgan fingerprint density at radius 1 is 1.33 bits per heavy atom. The van der Waals surface area contributed by atoms with Gasteiger partial charge in [-0.15, -0.1) is 0 Å². The van der Waals surface area contributed by atoms with Gasteiger partial charge in [0.15, 0.2) is 0 Å². The van der Waals surface area contributed by atoms with Crippen LogP contribution in [0, 0.1) is 0 Å². The van der Waals surface area contributed by atoms with E-state index in [0.717, 1.165) is 0 Å². The van der Waals surface area contributed by atoms with E-state index in [0.29, 0.717) is 0 Å². The molecular formula is C5H8NO3. The highest BCUT2D eigenvalue weighted by Crippen LogP contribution is 2.06. The first-order chi connectivity index (χ1) is 4.24. The van der Waals surface area contributed by atoms with Gasteiger partial charge in [-0.3, -0.25) is 4.79 Å². The summed E-state index contributed by atoms with van der Waals surface area (Å²) < 4.78 is 0. The predicted molar refractivity (Wildman–Crippen MR) is 29.3 cm³/mol. The summed E-state index contributed by atoms with van der Waals surface area (Å²) >= 11 is 0. The zero-order valence-corrected chi connectivity index (χ0v) is 4.82. The lowest BCUT2D eigenvalue weighted by Crippen LogP contribution is -2.22. The largest absolute Gasteiger partial charge is 0.388 e. The third-order valence-corrected chi connectivity index (χ3v) is 1.39. The SMILES string of the molecule is O=[C]N1CC(O)C(O)C1. The molecule has 1 fully saturated rings. The molecule has 1 rings (SSSR count). The number of carbonyl (C=O) groups excluding carboxylic acids is 1. The van der Waals surface area contributed by atoms with Crippen LogP contribution in [0.2, 0.25) is 0 Å². The van der Waals surface area contributed by atoms with Crippen LogP contribution in [0.1, 0.15) is 0 Å². The zero-order chi connectivity index (χ0) is 6.85. The van der Waals surface area contributed by atoms with E-state index >= 15 is 0 Å². The van der Waals surface area contributed by atoms with Gasteiger partial charge in [0.05, 0.1) is 12.2 Å². The van der Waals surface area contributed by atoms with E-state index in [4.69, 9.17) is 10.2 Å². The lowest BCUT2D eigenvalue weighted by Gasteiger charge is -2.02. The number of rotatable bonds is 1. The van der Waals surface area contributed by atoms with Gasteiger partial charge in [-0.1, -0.05) is 0 Å². The van der Waals surface area contributed by atoms with E-state index in [1.807, 2.05) is 0 Å². The van der Waals surface area contributed by atoms with Gasteiger partial charge < -0.3 is 15.1 Å². The zero-order valence-electron chi connectivity index (χ0n) is 4.82. The van der Waals surface area contributed by atoms with Crippen LogP contribution in [0.5, 0.6) is 0 Å². The Labute approximate surface area is 52.7 Å². The number of β-amino-alcohol motifs (C(OH)–C–C–N with tert-alkyl or cyclic N) is 2. The first kappa shape index (κ1) is 6.51. The number of likely N-dealkylation sites (tertiary alicyclic amines) is 1. The van der Waals surface area contributed by atoms with Gasteiger partial charge in [-0.05, 0) is 0 Å². The maximum Gasteiger partial charge on any atom is 0.312 e. The van der Waals surface area contributed by atoms with E-state index < -0.39 is 12.2 Å². The highest BCUT2D eigenvalue weighted by Gasteiger charge is 2.28. The number of nitrogens with zero attached hydrogens (tertiary/aromatic N) is 1. The minimum Gasteiger partial charge on any atom is -0.388 e. The lowest BCUT2D eigenvalue weighted by molar-refractivity contribution is 0.0572. The number of aliphatic hydroxyl groups is 2. The molecule has 0 aromatic carbocycles. The molecule has 2 atom stereocenters. The van der Waals surface area contributed by atoms with E-state index in [1.54, 1.807) is 6.41 Å². The summed E-state index contributed by atoms with van der Waals surface area (Å²) in [4.78, 5) is 11.1. The van der Waals surface area contributed by atoms with Crippen LogP contribution in [-0.4, -0.2) is 46.8 Å². The van der Waals surface area contributed by atoms with E-state index in [2.05, 4.69) is 0 Å². The van der Waals surface area contributed by atoms with Crippen LogP contribution < -0.4 is 0 Å². The Bertz CT molecular complexity index is 107. The maximum absolute atomic E-state index is 9.88. The standard InChI is InChI=1S/C5H8NO3/c7-3-6-1-4(8)5(9)2-6/h4-5,8-9H,1-2H2. The molecule has 1 amide bonds. The van der Waals surface area contributed by atoms with E-state index in [-0.39, 0.29) is 13.1 Å². The quantitative estimate of drug-likeness (QED) is 0.435. The third-order valence-electron chi connectivity index (χ3n) is 1.39. The molecule has 1 radical (unpaired) electrons. The molecular weight excluding hydrogens is 122 g/mol. The second-order valence-electron chi connectivity index (χ2n) is 2.13. The fourth-order valence-electron chi connectivity index (χ4n) is 0.844. The molecule has 0 spiro atoms. The van der Waals surface area contributed by atoms with Crippen LogP contribution in [0.25, 0.3) is 0 Å². The van der Waals surface area contributed by atoms with Crippen LogP contribution in [0.15, 0.2) is 0 Å². The van der Waals surface area contributed by atoms with Crippen molar-refractivity contribution in [3.63, 3.8) is 0 Å². The molecule has 9 heavy (non-hydrogen) atoms. The van der Waals surface area contributed by atoms with Crippen molar-refractivity contribution < 1.29 is 15.0 Å². The Hall–Kier alpha value is -0.610. The highest BCUT2D eigenvalue weighted by molar-refractivity contribution is 5.49. The summed E-state index contributed by atoms with van der Waals surface area (Å²) in [5.41, 5.74) is 0. The number of amides is 1. The van der Waals surface area contributed by atoms with Crippen LogP contribution in [0.4, 0.5) is 0 Å². The molecule has 0 aliphatic carbocycles. The first-order valence-corrected chi connectivity index (χ1v) is 2.73. The molecule has 0 aromatic rings. The molecule has 0 bridgehead atoms. The molecule has 2 N–H and O–H groups in total. The van der Waals surface area contributed by atoms with Gasteiger partial charge in [-0.2, -0.15) is 0 Å². The molecule has 1 saturated heterocycles. The second kappa shape index (κ2) is 2.33. The lowest BCUT2D eigenvalue weighted by atomic mass is 10.3. The second-order valence-corrected chi connectivity index (χ2v) is 2.13. The van der Waals surface area contributed by atoms with Crippen LogP contribution >= 0.6 is 0 Å². The first-order valence-electron chi connectivity index (χ1n) is 2.73. The van der Waals surface area contributed by atoms with Crippen LogP contribution in [0.3, 0.4) is 0 Å². The fourth-order valence-corrected chi connectivity index (χ4v) is 0.844. The van der Waals surface area contributed by atoms with Crippen molar-refractivity contribution in [2.75, 3.05) is 13.1 Å². The summed E-state index contributed by atoms with van der Waals surface area (Å²) in [7, 11) is 0. The summed E-state index contributed by atoms with van der Waals surface area (Å²) in [6, 6.07) is 0. The monoisotopic (exact) mass is 130 g/mol. The summed E-state index contributed by atoms with van der Waals surface area (Å²) in [5, 5.41) is 17.7. The normalized spacial score (nSPS) is 35.1.